The van der Waals surface area contributed by atoms with E-state index < -0.39 is 0 Å². The highest BCUT2D eigenvalue weighted by atomic mass is 35.5. The fourth-order valence-electron chi connectivity index (χ4n) is 2.78. The number of carbonyl (C=O) groups excluding carboxylic acids is 1. The zero-order chi connectivity index (χ0) is 19.4. The molecule has 1 heterocycles. The summed E-state index contributed by atoms with van der Waals surface area (Å²) < 4.78 is 14.6. The summed E-state index contributed by atoms with van der Waals surface area (Å²) in [6.45, 7) is 2.55. The van der Waals surface area contributed by atoms with Crippen molar-refractivity contribution < 1.29 is 9.18 Å². The fourth-order valence-corrected chi connectivity index (χ4v) is 3.31. The molecule has 140 valence electrons. The van der Waals surface area contributed by atoms with Crippen molar-refractivity contribution in [3.8, 4) is 0 Å². The number of aromatic nitrogens is 2. The van der Waals surface area contributed by atoms with Crippen molar-refractivity contribution in [2.75, 3.05) is 6.54 Å². The van der Waals surface area contributed by atoms with E-state index in [2.05, 4.69) is 10.4 Å². The van der Waals surface area contributed by atoms with E-state index in [4.69, 9.17) is 23.2 Å². The van der Waals surface area contributed by atoms with Crippen LogP contribution in [0.1, 0.15) is 27.2 Å². The molecule has 3 rings (SSSR count). The minimum Gasteiger partial charge on any atom is -0.352 e. The lowest BCUT2D eigenvalue weighted by Crippen LogP contribution is -2.26. The molecule has 0 unspecified atom stereocenters. The molecule has 0 aliphatic heterocycles. The Morgan fingerprint density at radius 1 is 1.15 bits per heavy atom. The van der Waals surface area contributed by atoms with Gasteiger partial charge in [0.25, 0.3) is 5.91 Å². The van der Waals surface area contributed by atoms with Gasteiger partial charge in [-0.1, -0.05) is 47.5 Å². The molecule has 0 bridgehead atoms. The van der Waals surface area contributed by atoms with E-state index in [9.17, 15) is 9.18 Å². The molecule has 27 heavy (non-hydrogen) atoms. The standard InChI is InChI=1S/C20H18Cl2FN3O/c1-13-18(20(27)24-10-9-14-3-2-4-16(21)11-14)19(22)26(25-13)12-15-5-7-17(23)8-6-15/h2-8,11H,9-10,12H2,1H3,(H,24,27). The Labute approximate surface area is 166 Å². The average molecular weight is 406 g/mol. The SMILES string of the molecule is Cc1nn(Cc2ccc(F)cc2)c(Cl)c1C(=O)NCCc1cccc(Cl)c1. The quantitative estimate of drug-likeness (QED) is 0.648. The number of hydrogen-bond donors (Lipinski definition) is 1. The fraction of sp³-hybridized carbons (Fsp3) is 0.200. The highest BCUT2D eigenvalue weighted by Gasteiger charge is 2.20. The minimum atomic E-state index is -0.304. The van der Waals surface area contributed by atoms with Crippen molar-refractivity contribution in [2.24, 2.45) is 0 Å². The second-order valence-electron chi connectivity index (χ2n) is 6.17. The molecule has 0 spiro atoms. The minimum absolute atomic E-state index is 0.261. The number of benzene rings is 2. The van der Waals surface area contributed by atoms with Crippen LogP contribution in [-0.4, -0.2) is 22.2 Å². The lowest BCUT2D eigenvalue weighted by Gasteiger charge is -2.06. The molecule has 0 aliphatic carbocycles. The first-order valence-corrected chi connectivity index (χ1v) is 9.19. The van der Waals surface area contributed by atoms with Crippen LogP contribution in [-0.2, 0) is 13.0 Å². The van der Waals surface area contributed by atoms with Crippen molar-refractivity contribution in [3.63, 3.8) is 0 Å². The second kappa shape index (κ2) is 8.55. The highest BCUT2D eigenvalue weighted by Crippen LogP contribution is 2.21. The largest absolute Gasteiger partial charge is 0.352 e. The number of hydrogen-bond acceptors (Lipinski definition) is 2. The summed E-state index contributed by atoms with van der Waals surface area (Å²) in [5, 5.41) is 8.13. The maximum absolute atomic E-state index is 13.0. The van der Waals surface area contributed by atoms with Gasteiger partial charge in [-0.15, -0.1) is 0 Å². The van der Waals surface area contributed by atoms with Crippen LogP contribution < -0.4 is 5.32 Å². The van der Waals surface area contributed by atoms with Crippen LogP contribution in [0.4, 0.5) is 4.39 Å². The van der Waals surface area contributed by atoms with Gasteiger partial charge >= 0.3 is 0 Å². The van der Waals surface area contributed by atoms with Gasteiger partial charge in [-0.2, -0.15) is 5.10 Å². The first-order valence-electron chi connectivity index (χ1n) is 8.44. The Morgan fingerprint density at radius 2 is 1.89 bits per heavy atom. The third-order valence-corrected chi connectivity index (χ3v) is 4.75. The van der Waals surface area contributed by atoms with Crippen molar-refractivity contribution >= 4 is 29.1 Å². The van der Waals surface area contributed by atoms with E-state index in [0.29, 0.717) is 35.8 Å². The molecule has 0 radical (unpaired) electrons. The molecule has 1 amide bonds. The van der Waals surface area contributed by atoms with E-state index in [-0.39, 0.29) is 16.9 Å². The molecule has 7 heteroatoms. The van der Waals surface area contributed by atoms with Gasteiger partial charge in [0, 0.05) is 11.6 Å². The van der Waals surface area contributed by atoms with Crippen molar-refractivity contribution in [1.29, 1.82) is 0 Å². The molecule has 0 saturated heterocycles. The third-order valence-electron chi connectivity index (χ3n) is 4.13. The molecule has 0 fully saturated rings. The normalized spacial score (nSPS) is 10.8. The van der Waals surface area contributed by atoms with Gasteiger partial charge in [0.05, 0.1) is 17.8 Å². The third kappa shape index (κ3) is 4.87. The van der Waals surface area contributed by atoms with Gasteiger partial charge in [0.15, 0.2) is 0 Å². The zero-order valence-electron chi connectivity index (χ0n) is 14.7. The molecule has 0 saturated carbocycles. The van der Waals surface area contributed by atoms with Gasteiger partial charge < -0.3 is 5.32 Å². The van der Waals surface area contributed by atoms with Gasteiger partial charge in [-0.25, -0.2) is 9.07 Å². The number of amides is 1. The molecule has 1 N–H and O–H groups in total. The predicted molar refractivity (Wildman–Crippen MR) is 105 cm³/mol. The van der Waals surface area contributed by atoms with Gasteiger partial charge in [-0.3, -0.25) is 4.79 Å². The smallest absolute Gasteiger partial charge is 0.256 e. The van der Waals surface area contributed by atoms with Crippen LogP contribution in [0.2, 0.25) is 10.2 Å². The predicted octanol–water partition coefficient (Wildman–Crippen LogP) is 4.66. The molecule has 0 atom stereocenters. The first kappa shape index (κ1) is 19.4. The highest BCUT2D eigenvalue weighted by molar-refractivity contribution is 6.33. The Bertz CT molecular complexity index is 954. The maximum Gasteiger partial charge on any atom is 0.256 e. The summed E-state index contributed by atoms with van der Waals surface area (Å²) in [7, 11) is 0. The second-order valence-corrected chi connectivity index (χ2v) is 6.97. The van der Waals surface area contributed by atoms with Crippen LogP contribution >= 0.6 is 23.2 Å². The number of carbonyl (C=O) groups is 1. The van der Waals surface area contributed by atoms with Crippen LogP contribution in [0.25, 0.3) is 0 Å². The summed E-state index contributed by atoms with van der Waals surface area (Å²) in [5.74, 6) is -0.578. The molecule has 1 aromatic heterocycles. The number of halogens is 3. The maximum atomic E-state index is 13.0. The number of rotatable bonds is 6. The Kier molecular flexibility index (Phi) is 6.14. The van der Waals surface area contributed by atoms with E-state index in [1.165, 1.54) is 16.8 Å². The summed E-state index contributed by atoms with van der Waals surface area (Å²) in [4.78, 5) is 12.5. The van der Waals surface area contributed by atoms with E-state index in [0.717, 1.165) is 11.1 Å². The van der Waals surface area contributed by atoms with Crippen LogP contribution in [0.3, 0.4) is 0 Å². The van der Waals surface area contributed by atoms with Gasteiger partial charge in [-0.05, 0) is 48.7 Å². The first-order chi connectivity index (χ1) is 12.9. The van der Waals surface area contributed by atoms with Gasteiger partial charge in [0.1, 0.15) is 11.0 Å². The monoisotopic (exact) mass is 405 g/mol. The van der Waals surface area contributed by atoms with E-state index >= 15 is 0 Å². The number of aryl methyl sites for hydroxylation is 1. The molecular weight excluding hydrogens is 388 g/mol. The summed E-state index contributed by atoms with van der Waals surface area (Å²) in [6.07, 6.45) is 0.659. The number of nitrogens with zero attached hydrogens (tertiary/aromatic N) is 2. The van der Waals surface area contributed by atoms with Crippen LogP contribution in [0.15, 0.2) is 48.5 Å². The van der Waals surface area contributed by atoms with Crippen LogP contribution in [0, 0.1) is 12.7 Å². The van der Waals surface area contributed by atoms with Crippen molar-refractivity contribution in [1.82, 2.24) is 15.1 Å². The summed E-state index contributed by atoms with van der Waals surface area (Å²) in [5.41, 5.74) is 2.78. The van der Waals surface area contributed by atoms with Crippen molar-refractivity contribution in [2.45, 2.75) is 19.9 Å². The molecule has 0 aliphatic rings. The Hall–Kier alpha value is -2.37. The average Bonchev–Trinajstić information content (AvgIpc) is 2.90. The number of nitrogens with one attached hydrogen (secondary N) is 1. The summed E-state index contributed by atoms with van der Waals surface area (Å²) >= 11 is 12.3. The lowest BCUT2D eigenvalue weighted by molar-refractivity contribution is 0.0953. The molecular formula is C20H18Cl2FN3O. The van der Waals surface area contributed by atoms with Crippen molar-refractivity contribution in [3.05, 3.63) is 86.9 Å². The lowest BCUT2D eigenvalue weighted by atomic mass is 10.1. The zero-order valence-corrected chi connectivity index (χ0v) is 16.2. The Morgan fingerprint density at radius 3 is 2.59 bits per heavy atom. The van der Waals surface area contributed by atoms with Crippen LogP contribution in [0.5, 0.6) is 0 Å². The molecule has 4 nitrogen and oxygen atoms in total. The molecule has 3 aromatic rings. The summed E-state index contributed by atoms with van der Waals surface area (Å²) in [6, 6.07) is 13.6. The topological polar surface area (TPSA) is 46.9 Å². The molecule has 2 aromatic carbocycles. The van der Waals surface area contributed by atoms with E-state index in [1.807, 2.05) is 24.3 Å². The van der Waals surface area contributed by atoms with E-state index in [1.54, 1.807) is 19.1 Å². The Balaban J connectivity index is 1.66. The van der Waals surface area contributed by atoms with Gasteiger partial charge in [0.2, 0.25) is 0 Å².